The standard InChI is InChI=1S/C25H24ClN5O2/c1-17-15-30(20-12-10-19(26)11-13-20)24-27-22-21(31(24)16-17)23(32)29(25(33)28(22)2)14-6-9-18-7-4-3-5-8-18/h3-13,17H,14-16H2,1-2H3/b9-6-/t17-/m1/s1. The molecule has 0 aliphatic carbocycles. The molecule has 8 heteroatoms. The number of aromatic nitrogens is 4. The fourth-order valence-electron chi connectivity index (χ4n) is 4.36. The average molecular weight is 462 g/mol. The maximum absolute atomic E-state index is 13.5. The predicted octanol–water partition coefficient (Wildman–Crippen LogP) is 4.05. The number of nitrogens with zero attached hydrogens (tertiary/aromatic N) is 5. The van der Waals surface area contributed by atoms with Gasteiger partial charge in [0.15, 0.2) is 11.2 Å². The second-order valence-electron chi connectivity index (χ2n) is 8.46. The summed E-state index contributed by atoms with van der Waals surface area (Å²) >= 11 is 6.07. The van der Waals surface area contributed by atoms with E-state index in [0.717, 1.165) is 17.8 Å². The Morgan fingerprint density at radius 3 is 2.52 bits per heavy atom. The van der Waals surface area contributed by atoms with Gasteiger partial charge >= 0.3 is 5.69 Å². The Morgan fingerprint density at radius 2 is 1.79 bits per heavy atom. The van der Waals surface area contributed by atoms with Gasteiger partial charge in [0.25, 0.3) is 5.56 Å². The molecule has 0 bridgehead atoms. The van der Waals surface area contributed by atoms with Crippen LogP contribution in [0.2, 0.25) is 5.02 Å². The highest BCUT2D eigenvalue weighted by molar-refractivity contribution is 6.30. The van der Waals surface area contributed by atoms with Crippen LogP contribution in [0.1, 0.15) is 12.5 Å². The van der Waals surface area contributed by atoms with Gasteiger partial charge in [-0.05, 0) is 35.7 Å². The fraction of sp³-hybridized carbons (Fsp3) is 0.240. The lowest BCUT2D eigenvalue weighted by atomic mass is 10.1. The van der Waals surface area contributed by atoms with Gasteiger partial charge in [-0.15, -0.1) is 0 Å². The molecule has 0 amide bonds. The van der Waals surface area contributed by atoms with Crippen molar-refractivity contribution in [1.29, 1.82) is 0 Å². The molecule has 0 fully saturated rings. The van der Waals surface area contributed by atoms with Gasteiger partial charge in [-0.3, -0.25) is 13.9 Å². The Bertz CT molecular complexity index is 1470. The van der Waals surface area contributed by atoms with Gasteiger partial charge in [0.2, 0.25) is 5.95 Å². The van der Waals surface area contributed by atoms with E-state index in [1.54, 1.807) is 7.05 Å². The first kappa shape index (κ1) is 21.3. The van der Waals surface area contributed by atoms with Crippen molar-refractivity contribution in [3.8, 4) is 0 Å². The molecule has 0 unspecified atom stereocenters. The van der Waals surface area contributed by atoms with E-state index in [-0.39, 0.29) is 23.7 Å². The van der Waals surface area contributed by atoms with Gasteiger partial charge < -0.3 is 9.47 Å². The van der Waals surface area contributed by atoms with Crippen molar-refractivity contribution in [2.45, 2.75) is 20.0 Å². The third kappa shape index (κ3) is 3.78. The quantitative estimate of drug-likeness (QED) is 0.460. The molecular formula is C25H24ClN5O2. The molecule has 5 rings (SSSR count). The minimum atomic E-state index is -0.383. The van der Waals surface area contributed by atoms with Crippen molar-refractivity contribution in [2.24, 2.45) is 13.0 Å². The summed E-state index contributed by atoms with van der Waals surface area (Å²) in [7, 11) is 1.66. The summed E-state index contributed by atoms with van der Waals surface area (Å²) in [4.78, 5) is 33.3. The molecule has 0 saturated heterocycles. The molecule has 0 N–H and O–H groups in total. The van der Waals surface area contributed by atoms with Crippen LogP contribution in [-0.2, 0) is 20.1 Å². The monoisotopic (exact) mass is 461 g/mol. The van der Waals surface area contributed by atoms with Crippen LogP contribution in [0.5, 0.6) is 0 Å². The van der Waals surface area contributed by atoms with Crippen molar-refractivity contribution < 1.29 is 0 Å². The van der Waals surface area contributed by atoms with Gasteiger partial charge in [0.1, 0.15) is 0 Å². The molecular weight excluding hydrogens is 438 g/mol. The van der Waals surface area contributed by atoms with Gasteiger partial charge in [0.05, 0.1) is 0 Å². The van der Waals surface area contributed by atoms with Crippen LogP contribution in [0.3, 0.4) is 0 Å². The molecule has 0 spiro atoms. The summed E-state index contributed by atoms with van der Waals surface area (Å²) in [6.45, 7) is 3.74. The summed E-state index contributed by atoms with van der Waals surface area (Å²) in [6.07, 6.45) is 3.74. The summed E-state index contributed by atoms with van der Waals surface area (Å²) in [5, 5.41) is 0.658. The topological polar surface area (TPSA) is 65.1 Å². The van der Waals surface area contributed by atoms with Crippen molar-refractivity contribution in [2.75, 3.05) is 11.4 Å². The van der Waals surface area contributed by atoms with E-state index < -0.39 is 0 Å². The highest BCUT2D eigenvalue weighted by Gasteiger charge is 2.29. The van der Waals surface area contributed by atoms with E-state index in [9.17, 15) is 9.59 Å². The van der Waals surface area contributed by atoms with Crippen molar-refractivity contribution in [1.82, 2.24) is 18.7 Å². The van der Waals surface area contributed by atoms with Gasteiger partial charge in [0, 0.05) is 37.4 Å². The molecule has 2 aromatic carbocycles. The molecule has 0 radical (unpaired) electrons. The summed E-state index contributed by atoms with van der Waals surface area (Å²) < 4.78 is 4.67. The lowest BCUT2D eigenvalue weighted by molar-refractivity contribution is 0.458. The lowest BCUT2D eigenvalue weighted by Gasteiger charge is -2.33. The number of anilines is 2. The predicted molar refractivity (Wildman–Crippen MR) is 132 cm³/mol. The number of aryl methyl sites for hydroxylation is 1. The summed E-state index contributed by atoms with van der Waals surface area (Å²) in [6, 6.07) is 17.3. The molecule has 1 aliphatic rings. The Kier molecular flexibility index (Phi) is 5.42. The van der Waals surface area contributed by atoms with Crippen LogP contribution in [-0.4, -0.2) is 25.2 Å². The van der Waals surface area contributed by atoms with E-state index in [1.807, 2.05) is 71.3 Å². The van der Waals surface area contributed by atoms with Crippen molar-refractivity contribution in [3.63, 3.8) is 0 Å². The third-order valence-corrected chi connectivity index (χ3v) is 6.23. The Balaban J connectivity index is 1.63. The first-order valence-corrected chi connectivity index (χ1v) is 11.3. The molecule has 2 aromatic heterocycles. The van der Waals surface area contributed by atoms with Gasteiger partial charge in [-0.1, -0.05) is 61.0 Å². The van der Waals surface area contributed by atoms with E-state index in [2.05, 4.69) is 11.8 Å². The SMILES string of the molecule is C[C@@H]1CN(c2ccc(Cl)cc2)c2nc3c(c(=O)n(C/C=C\c4ccccc4)c(=O)n3C)n2C1. The first-order valence-electron chi connectivity index (χ1n) is 10.9. The van der Waals surface area contributed by atoms with Crippen LogP contribution < -0.4 is 16.1 Å². The number of halogens is 1. The maximum atomic E-state index is 13.5. The Morgan fingerprint density at radius 1 is 1.06 bits per heavy atom. The number of benzene rings is 2. The summed E-state index contributed by atoms with van der Waals surface area (Å²) in [5.41, 5.74) is 2.10. The number of hydrogen-bond donors (Lipinski definition) is 0. The van der Waals surface area contributed by atoms with Gasteiger partial charge in [-0.25, -0.2) is 4.79 Å². The maximum Gasteiger partial charge on any atom is 0.332 e. The Hall–Kier alpha value is -3.58. The van der Waals surface area contributed by atoms with Crippen molar-refractivity contribution in [3.05, 3.63) is 92.1 Å². The second kappa shape index (κ2) is 8.41. The van der Waals surface area contributed by atoms with Crippen LogP contribution in [0.4, 0.5) is 11.6 Å². The minimum absolute atomic E-state index is 0.188. The average Bonchev–Trinajstić information content (AvgIpc) is 3.20. The second-order valence-corrected chi connectivity index (χ2v) is 8.89. The van der Waals surface area contributed by atoms with Crippen molar-refractivity contribution >= 4 is 40.5 Å². The molecule has 0 saturated carbocycles. The van der Waals surface area contributed by atoms with E-state index >= 15 is 0 Å². The largest absolute Gasteiger partial charge is 0.332 e. The number of imidazole rings is 1. The fourth-order valence-corrected chi connectivity index (χ4v) is 4.49. The molecule has 3 heterocycles. The van der Waals surface area contributed by atoms with E-state index in [4.69, 9.17) is 16.6 Å². The molecule has 1 atom stereocenters. The van der Waals surface area contributed by atoms with Crippen LogP contribution in [0.25, 0.3) is 17.2 Å². The third-order valence-electron chi connectivity index (χ3n) is 5.98. The molecule has 33 heavy (non-hydrogen) atoms. The van der Waals surface area contributed by atoms with Crippen LogP contribution >= 0.6 is 11.6 Å². The zero-order valence-electron chi connectivity index (χ0n) is 18.5. The lowest BCUT2D eigenvalue weighted by Crippen LogP contribution is -2.40. The highest BCUT2D eigenvalue weighted by atomic mass is 35.5. The van der Waals surface area contributed by atoms with Crippen LogP contribution in [0.15, 0.2) is 70.3 Å². The molecule has 4 aromatic rings. The summed E-state index contributed by atoms with van der Waals surface area (Å²) in [5.74, 6) is 0.948. The molecule has 7 nitrogen and oxygen atoms in total. The van der Waals surface area contributed by atoms with Gasteiger partial charge in [-0.2, -0.15) is 4.98 Å². The van der Waals surface area contributed by atoms with Crippen LogP contribution in [0, 0.1) is 5.92 Å². The first-order chi connectivity index (χ1) is 15.9. The zero-order chi connectivity index (χ0) is 23.1. The molecule has 168 valence electrons. The minimum Gasteiger partial charge on any atom is -0.312 e. The zero-order valence-corrected chi connectivity index (χ0v) is 19.2. The van der Waals surface area contributed by atoms with E-state index in [0.29, 0.717) is 28.7 Å². The number of fused-ring (bicyclic) bond motifs is 3. The number of rotatable bonds is 4. The highest BCUT2D eigenvalue weighted by Crippen LogP contribution is 2.33. The number of hydrogen-bond acceptors (Lipinski definition) is 4. The normalized spacial score (nSPS) is 16.0. The Labute approximate surface area is 195 Å². The smallest absolute Gasteiger partial charge is 0.312 e. The number of allylic oxidation sites excluding steroid dienone is 1. The molecule has 1 aliphatic heterocycles. The van der Waals surface area contributed by atoms with E-state index in [1.165, 1.54) is 9.13 Å².